The van der Waals surface area contributed by atoms with E-state index in [1.165, 1.54) is 0 Å². The van der Waals surface area contributed by atoms with E-state index in [4.69, 9.17) is 23.2 Å². The SMILES string of the molecule is Oc1c(Cl)cccc1-c1ccccc1Cl. The van der Waals surface area contributed by atoms with Crippen LogP contribution < -0.4 is 0 Å². The van der Waals surface area contributed by atoms with E-state index in [-0.39, 0.29) is 5.75 Å². The summed E-state index contributed by atoms with van der Waals surface area (Å²) in [7, 11) is 0. The van der Waals surface area contributed by atoms with Crippen LogP contribution in [-0.2, 0) is 0 Å². The Bertz CT molecular complexity index is 495. The van der Waals surface area contributed by atoms with Gasteiger partial charge in [-0.3, -0.25) is 0 Å². The van der Waals surface area contributed by atoms with Gasteiger partial charge in [-0.05, 0) is 12.1 Å². The zero-order valence-corrected chi connectivity index (χ0v) is 9.26. The molecule has 1 nitrogen and oxygen atoms in total. The molecule has 0 bridgehead atoms. The van der Waals surface area contributed by atoms with Crippen molar-refractivity contribution in [3.05, 3.63) is 52.5 Å². The van der Waals surface area contributed by atoms with Crippen molar-refractivity contribution in [3.63, 3.8) is 0 Å². The molecule has 76 valence electrons. The van der Waals surface area contributed by atoms with Gasteiger partial charge in [0.2, 0.25) is 0 Å². The maximum atomic E-state index is 9.78. The predicted octanol–water partition coefficient (Wildman–Crippen LogP) is 4.37. The molecule has 2 rings (SSSR count). The number of benzene rings is 2. The Kier molecular flexibility index (Phi) is 2.85. The molecule has 0 atom stereocenters. The van der Waals surface area contributed by atoms with Crippen molar-refractivity contribution in [1.82, 2.24) is 0 Å². The highest BCUT2D eigenvalue weighted by Gasteiger charge is 2.09. The molecule has 15 heavy (non-hydrogen) atoms. The first-order valence-corrected chi connectivity index (χ1v) is 5.18. The normalized spacial score (nSPS) is 10.3. The molecule has 0 unspecified atom stereocenters. The first-order chi connectivity index (χ1) is 7.20. The van der Waals surface area contributed by atoms with Crippen molar-refractivity contribution < 1.29 is 5.11 Å². The average molecular weight is 239 g/mol. The Labute approximate surface area is 97.9 Å². The van der Waals surface area contributed by atoms with Crippen molar-refractivity contribution in [2.75, 3.05) is 0 Å². The zero-order valence-electron chi connectivity index (χ0n) is 7.74. The average Bonchev–Trinajstić information content (AvgIpc) is 2.23. The number of para-hydroxylation sites is 1. The molecule has 0 aliphatic heterocycles. The lowest BCUT2D eigenvalue weighted by Crippen LogP contribution is -1.80. The molecule has 0 aliphatic rings. The number of rotatable bonds is 1. The third kappa shape index (κ3) is 1.94. The molecule has 0 saturated heterocycles. The monoisotopic (exact) mass is 238 g/mol. The topological polar surface area (TPSA) is 20.2 Å². The number of hydrogen-bond acceptors (Lipinski definition) is 1. The van der Waals surface area contributed by atoms with Crippen molar-refractivity contribution in [1.29, 1.82) is 0 Å². The molecule has 0 aromatic heterocycles. The van der Waals surface area contributed by atoms with Crippen molar-refractivity contribution in [3.8, 4) is 16.9 Å². The van der Waals surface area contributed by atoms with Gasteiger partial charge in [0.15, 0.2) is 0 Å². The number of phenols is 1. The summed E-state index contributed by atoms with van der Waals surface area (Å²) in [5.41, 5.74) is 1.42. The van der Waals surface area contributed by atoms with Gasteiger partial charge in [0.05, 0.1) is 5.02 Å². The van der Waals surface area contributed by atoms with Gasteiger partial charge in [-0.2, -0.15) is 0 Å². The highest BCUT2D eigenvalue weighted by atomic mass is 35.5. The Morgan fingerprint density at radius 3 is 2.07 bits per heavy atom. The molecule has 2 aromatic carbocycles. The molecular formula is C12H8Cl2O. The summed E-state index contributed by atoms with van der Waals surface area (Å²) in [6.07, 6.45) is 0. The fourth-order valence-electron chi connectivity index (χ4n) is 1.41. The van der Waals surface area contributed by atoms with Gasteiger partial charge in [-0.25, -0.2) is 0 Å². The van der Waals surface area contributed by atoms with E-state index >= 15 is 0 Å². The van der Waals surface area contributed by atoms with E-state index < -0.39 is 0 Å². The van der Waals surface area contributed by atoms with Crippen LogP contribution in [0.25, 0.3) is 11.1 Å². The fourth-order valence-corrected chi connectivity index (χ4v) is 1.82. The molecule has 0 spiro atoms. The standard InChI is InChI=1S/C12H8Cl2O/c13-10-6-2-1-4-8(10)9-5-3-7-11(14)12(9)15/h1-7,15H. The van der Waals surface area contributed by atoms with Gasteiger partial charge in [-0.1, -0.05) is 53.5 Å². The fraction of sp³-hybridized carbons (Fsp3) is 0. The van der Waals surface area contributed by atoms with E-state index in [1.54, 1.807) is 24.3 Å². The van der Waals surface area contributed by atoms with Crippen molar-refractivity contribution in [2.45, 2.75) is 0 Å². The molecule has 0 aliphatic carbocycles. The minimum Gasteiger partial charge on any atom is -0.506 e. The number of aromatic hydroxyl groups is 1. The van der Waals surface area contributed by atoms with Gasteiger partial charge < -0.3 is 5.11 Å². The first-order valence-electron chi connectivity index (χ1n) is 4.42. The lowest BCUT2D eigenvalue weighted by Gasteiger charge is -2.07. The second kappa shape index (κ2) is 4.13. The Morgan fingerprint density at radius 2 is 1.33 bits per heavy atom. The third-order valence-electron chi connectivity index (χ3n) is 2.15. The minimum absolute atomic E-state index is 0.0623. The minimum atomic E-state index is 0.0623. The van der Waals surface area contributed by atoms with E-state index in [2.05, 4.69) is 0 Å². The van der Waals surface area contributed by atoms with Gasteiger partial charge >= 0.3 is 0 Å². The summed E-state index contributed by atoms with van der Waals surface area (Å²) in [4.78, 5) is 0. The van der Waals surface area contributed by atoms with E-state index in [0.717, 1.165) is 5.56 Å². The maximum Gasteiger partial charge on any atom is 0.142 e. The van der Waals surface area contributed by atoms with Crippen LogP contribution in [-0.4, -0.2) is 5.11 Å². The molecule has 0 saturated carbocycles. The van der Waals surface area contributed by atoms with Crippen LogP contribution in [0.4, 0.5) is 0 Å². The molecule has 2 aromatic rings. The molecule has 3 heteroatoms. The van der Waals surface area contributed by atoms with Gasteiger partial charge in [0, 0.05) is 16.1 Å². The number of phenolic OH excluding ortho intramolecular Hbond substituents is 1. The number of hydrogen-bond donors (Lipinski definition) is 1. The second-order valence-electron chi connectivity index (χ2n) is 3.12. The summed E-state index contributed by atoms with van der Waals surface area (Å²) in [6, 6.07) is 12.5. The van der Waals surface area contributed by atoms with Crippen LogP contribution >= 0.6 is 23.2 Å². The van der Waals surface area contributed by atoms with Crippen molar-refractivity contribution >= 4 is 23.2 Å². The Morgan fingerprint density at radius 1 is 0.733 bits per heavy atom. The van der Waals surface area contributed by atoms with Crippen LogP contribution in [0.1, 0.15) is 0 Å². The number of halogens is 2. The summed E-state index contributed by atoms with van der Waals surface area (Å²) >= 11 is 11.9. The molecule has 0 radical (unpaired) electrons. The van der Waals surface area contributed by atoms with Crippen molar-refractivity contribution in [2.24, 2.45) is 0 Å². The van der Waals surface area contributed by atoms with E-state index in [9.17, 15) is 5.11 Å². The van der Waals surface area contributed by atoms with Crippen LogP contribution in [0.5, 0.6) is 5.75 Å². The summed E-state index contributed by atoms with van der Waals surface area (Å²) in [5, 5.41) is 10.7. The summed E-state index contributed by atoms with van der Waals surface area (Å²) in [6.45, 7) is 0. The predicted molar refractivity (Wildman–Crippen MR) is 63.6 cm³/mol. The van der Waals surface area contributed by atoms with Gasteiger partial charge in [0.1, 0.15) is 5.75 Å². The van der Waals surface area contributed by atoms with Gasteiger partial charge in [0.25, 0.3) is 0 Å². The van der Waals surface area contributed by atoms with E-state index in [0.29, 0.717) is 15.6 Å². The lowest BCUT2D eigenvalue weighted by atomic mass is 10.0. The molecule has 0 heterocycles. The lowest BCUT2D eigenvalue weighted by molar-refractivity contribution is 0.477. The highest BCUT2D eigenvalue weighted by Crippen LogP contribution is 2.37. The Hall–Kier alpha value is -1.18. The van der Waals surface area contributed by atoms with Crippen LogP contribution in [0.15, 0.2) is 42.5 Å². The Balaban J connectivity index is 2.65. The highest BCUT2D eigenvalue weighted by molar-refractivity contribution is 6.34. The van der Waals surface area contributed by atoms with Crippen LogP contribution in [0.2, 0.25) is 10.0 Å². The van der Waals surface area contributed by atoms with Gasteiger partial charge in [-0.15, -0.1) is 0 Å². The molecule has 0 amide bonds. The van der Waals surface area contributed by atoms with Crippen LogP contribution in [0.3, 0.4) is 0 Å². The maximum absolute atomic E-state index is 9.78. The van der Waals surface area contributed by atoms with E-state index in [1.807, 2.05) is 18.2 Å². The largest absolute Gasteiger partial charge is 0.506 e. The summed E-state index contributed by atoms with van der Waals surface area (Å²) in [5.74, 6) is 0.0623. The quantitative estimate of drug-likeness (QED) is 0.783. The third-order valence-corrected chi connectivity index (χ3v) is 2.79. The summed E-state index contributed by atoms with van der Waals surface area (Å²) < 4.78 is 0. The first kappa shape index (κ1) is 10.3. The smallest absolute Gasteiger partial charge is 0.142 e. The molecule has 0 fully saturated rings. The van der Waals surface area contributed by atoms with Crippen LogP contribution in [0, 0.1) is 0 Å². The molecular weight excluding hydrogens is 231 g/mol. The zero-order chi connectivity index (χ0) is 10.8. The second-order valence-corrected chi connectivity index (χ2v) is 3.93. The molecule has 1 N–H and O–H groups in total.